The zero-order chi connectivity index (χ0) is 17.5. The van der Waals surface area contributed by atoms with Gasteiger partial charge in [-0.15, -0.1) is 0 Å². The van der Waals surface area contributed by atoms with Crippen LogP contribution < -0.4 is 0 Å². The van der Waals surface area contributed by atoms with E-state index in [9.17, 15) is 4.79 Å². The fraction of sp³-hybridized carbons (Fsp3) is 0.444. The average Bonchev–Trinajstić information content (AvgIpc) is 3.02. The molecule has 1 atom stereocenters. The van der Waals surface area contributed by atoms with Crippen molar-refractivity contribution in [3.8, 4) is 0 Å². The van der Waals surface area contributed by atoms with Gasteiger partial charge < -0.3 is 14.5 Å². The molecule has 1 amide bonds. The van der Waals surface area contributed by atoms with Gasteiger partial charge in [-0.05, 0) is 26.0 Å². The van der Waals surface area contributed by atoms with Crippen LogP contribution >= 0.6 is 0 Å². The number of carbonyl (C=O) groups excluding carboxylic acids is 1. The summed E-state index contributed by atoms with van der Waals surface area (Å²) in [5.74, 6) is 0.455. The first-order chi connectivity index (χ1) is 11.5. The number of nitrogens with zero attached hydrogens (tertiary/aromatic N) is 3. The molecule has 0 bridgehead atoms. The van der Waals surface area contributed by atoms with Gasteiger partial charge in [-0.2, -0.15) is 0 Å². The van der Waals surface area contributed by atoms with E-state index in [0.29, 0.717) is 24.4 Å². The molecule has 0 fully saturated rings. The van der Waals surface area contributed by atoms with Crippen LogP contribution in [0.2, 0.25) is 0 Å². The second-order valence-electron chi connectivity index (χ2n) is 6.11. The quantitative estimate of drug-likeness (QED) is 0.802. The number of aliphatic hydroxyl groups excluding tert-OH is 1. The van der Waals surface area contributed by atoms with Crippen LogP contribution in [0, 0.1) is 0 Å². The summed E-state index contributed by atoms with van der Waals surface area (Å²) in [5.41, 5.74) is 1.51. The lowest BCUT2D eigenvalue weighted by Gasteiger charge is -2.23. The summed E-state index contributed by atoms with van der Waals surface area (Å²) in [5, 5.41) is 12.9. The first-order valence-electron chi connectivity index (χ1n) is 8.07. The van der Waals surface area contributed by atoms with Crippen LogP contribution in [-0.2, 0) is 13.1 Å². The number of rotatable bonds is 8. The first-order valence-corrected chi connectivity index (χ1v) is 8.07. The maximum atomic E-state index is 12.4. The molecule has 0 saturated heterocycles. The van der Waals surface area contributed by atoms with Crippen molar-refractivity contribution in [1.82, 2.24) is 15.0 Å². The Labute approximate surface area is 142 Å². The van der Waals surface area contributed by atoms with E-state index in [1.807, 2.05) is 32.2 Å². The third-order valence-corrected chi connectivity index (χ3v) is 4.03. The van der Waals surface area contributed by atoms with Gasteiger partial charge in [0.1, 0.15) is 0 Å². The maximum Gasteiger partial charge on any atom is 0.276 e. The smallest absolute Gasteiger partial charge is 0.276 e. The summed E-state index contributed by atoms with van der Waals surface area (Å²) in [4.78, 5) is 16.0. The SMILES string of the molecule is C[C@H](CCO)N(C)C(=O)c1cc(CN(C)Cc2ccccc2)on1. The Hall–Kier alpha value is -2.18. The van der Waals surface area contributed by atoms with Crippen LogP contribution in [0.1, 0.15) is 35.2 Å². The van der Waals surface area contributed by atoms with Gasteiger partial charge in [0, 0.05) is 32.3 Å². The van der Waals surface area contributed by atoms with E-state index in [2.05, 4.69) is 22.2 Å². The molecule has 0 aliphatic rings. The molecule has 130 valence electrons. The Balaban J connectivity index is 1.93. The largest absolute Gasteiger partial charge is 0.396 e. The zero-order valence-corrected chi connectivity index (χ0v) is 14.5. The van der Waals surface area contributed by atoms with Crippen LogP contribution in [0.25, 0.3) is 0 Å². The molecular weight excluding hydrogens is 306 g/mol. The molecule has 24 heavy (non-hydrogen) atoms. The van der Waals surface area contributed by atoms with Gasteiger partial charge in [-0.1, -0.05) is 35.5 Å². The molecule has 0 aliphatic heterocycles. The highest BCUT2D eigenvalue weighted by Gasteiger charge is 2.21. The van der Waals surface area contributed by atoms with Crippen molar-refractivity contribution in [1.29, 1.82) is 0 Å². The molecule has 2 aromatic rings. The number of aliphatic hydroxyl groups is 1. The minimum atomic E-state index is -0.198. The third-order valence-electron chi connectivity index (χ3n) is 4.03. The predicted octanol–water partition coefficient (Wildman–Crippen LogP) is 2.15. The molecule has 1 N–H and O–H groups in total. The molecule has 0 radical (unpaired) electrons. The van der Waals surface area contributed by atoms with Gasteiger partial charge in [-0.25, -0.2) is 0 Å². The Kier molecular flexibility index (Phi) is 6.52. The van der Waals surface area contributed by atoms with Gasteiger partial charge in [0.15, 0.2) is 11.5 Å². The van der Waals surface area contributed by atoms with Crippen molar-refractivity contribution in [2.75, 3.05) is 20.7 Å². The van der Waals surface area contributed by atoms with E-state index in [4.69, 9.17) is 9.63 Å². The lowest BCUT2D eigenvalue weighted by Crippen LogP contribution is -2.35. The minimum absolute atomic E-state index is 0.0487. The van der Waals surface area contributed by atoms with E-state index in [0.717, 1.165) is 6.54 Å². The van der Waals surface area contributed by atoms with Gasteiger partial charge in [-0.3, -0.25) is 9.69 Å². The molecule has 2 rings (SSSR count). The molecule has 0 aliphatic carbocycles. The first kappa shape index (κ1) is 18.2. The second kappa shape index (κ2) is 8.61. The minimum Gasteiger partial charge on any atom is -0.396 e. The van der Waals surface area contributed by atoms with Crippen LogP contribution in [0.3, 0.4) is 0 Å². The van der Waals surface area contributed by atoms with E-state index >= 15 is 0 Å². The summed E-state index contributed by atoms with van der Waals surface area (Å²) in [6.07, 6.45) is 0.534. The van der Waals surface area contributed by atoms with Crippen LogP contribution in [-0.4, -0.2) is 52.7 Å². The topological polar surface area (TPSA) is 69.8 Å². The fourth-order valence-electron chi connectivity index (χ4n) is 2.47. The highest BCUT2D eigenvalue weighted by atomic mass is 16.5. The number of benzene rings is 1. The van der Waals surface area contributed by atoms with Crippen molar-refractivity contribution >= 4 is 5.91 Å². The van der Waals surface area contributed by atoms with Gasteiger partial charge in [0.2, 0.25) is 0 Å². The Morgan fingerprint density at radius 3 is 2.62 bits per heavy atom. The van der Waals surface area contributed by atoms with Crippen molar-refractivity contribution in [3.05, 3.63) is 53.4 Å². The second-order valence-corrected chi connectivity index (χ2v) is 6.11. The van der Waals surface area contributed by atoms with Crippen LogP contribution in [0.15, 0.2) is 40.9 Å². The lowest BCUT2D eigenvalue weighted by atomic mass is 10.2. The van der Waals surface area contributed by atoms with E-state index < -0.39 is 0 Å². The van der Waals surface area contributed by atoms with E-state index in [-0.39, 0.29) is 18.6 Å². The van der Waals surface area contributed by atoms with Crippen LogP contribution in [0.4, 0.5) is 0 Å². The number of amides is 1. The van der Waals surface area contributed by atoms with E-state index in [1.54, 1.807) is 18.0 Å². The number of hydrogen-bond donors (Lipinski definition) is 1. The molecular formula is C18H25N3O3. The Morgan fingerprint density at radius 2 is 1.96 bits per heavy atom. The van der Waals surface area contributed by atoms with Crippen molar-refractivity contribution < 1.29 is 14.4 Å². The summed E-state index contributed by atoms with van der Waals surface area (Å²) < 4.78 is 5.30. The summed E-state index contributed by atoms with van der Waals surface area (Å²) in [6, 6.07) is 11.8. The molecule has 1 aromatic carbocycles. The molecule has 0 unspecified atom stereocenters. The third kappa shape index (κ3) is 4.91. The van der Waals surface area contributed by atoms with Crippen molar-refractivity contribution in [2.45, 2.75) is 32.5 Å². The van der Waals surface area contributed by atoms with Gasteiger partial charge >= 0.3 is 0 Å². The number of carbonyl (C=O) groups is 1. The number of hydrogen-bond acceptors (Lipinski definition) is 5. The lowest BCUT2D eigenvalue weighted by molar-refractivity contribution is 0.0712. The molecule has 1 aromatic heterocycles. The van der Waals surface area contributed by atoms with E-state index in [1.165, 1.54) is 5.56 Å². The molecule has 6 heteroatoms. The standard InChI is InChI=1S/C18H25N3O3/c1-14(9-10-22)21(3)18(23)17-11-16(24-19-17)13-20(2)12-15-7-5-4-6-8-15/h4-8,11,14,22H,9-10,12-13H2,1-3H3/t14-/m1/s1. The highest BCUT2D eigenvalue weighted by molar-refractivity contribution is 5.92. The Bertz CT molecular complexity index is 642. The maximum absolute atomic E-state index is 12.4. The normalized spacial score (nSPS) is 12.4. The molecule has 6 nitrogen and oxygen atoms in total. The number of aromatic nitrogens is 1. The monoisotopic (exact) mass is 331 g/mol. The summed E-state index contributed by atoms with van der Waals surface area (Å²) in [7, 11) is 3.70. The Morgan fingerprint density at radius 1 is 1.25 bits per heavy atom. The van der Waals surface area contributed by atoms with Crippen LogP contribution in [0.5, 0.6) is 0 Å². The van der Waals surface area contributed by atoms with Crippen molar-refractivity contribution in [2.24, 2.45) is 0 Å². The van der Waals surface area contributed by atoms with Gasteiger partial charge in [0.05, 0.1) is 6.54 Å². The fourth-order valence-corrected chi connectivity index (χ4v) is 2.47. The average molecular weight is 331 g/mol. The predicted molar refractivity (Wildman–Crippen MR) is 91.4 cm³/mol. The molecule has 0 saturated carbocycles. The summed E-state index contributed by atoms with van der Waals surface area (Å²) in [6.45, 7) is 3.30. The molecule has 1 heterocycles. The zero-order valence-electron chi connectivity index (χ0n) is 14.5. The molecule has 0 spiro atoms. The van der Waals surface area contributed by atoms with Gasteiger partial charge in [0.25, 0.3) is 5.91 Å². The summed E-state index contributed by atoms with van der Waals surface area (Å²) >= 11 is 0. The van der Waals surface area contributed by atoms with Crippen molar-refractivity contribution in [3.63, 3.8) is 0 Å². The highest BCUT2D eigenvalue weighted by Crippen LogP contribution is 2.12.